The van der Waals surface area contributed by atoms with Crippen LogP contribution in [0.25, 0.3) is 0 Å². The average molecular weight is 448 g/mol. The van der Waals surface area contributed by atoms with Crippen molar-refractivity contribution in [1.82, 2.24) is 14.7 Å². The van der Waals surface area contributed by atoms with E-state index < -0.39 is 17.5 Å². The summed E-state index contributed by atoms with van der Waals surface area (Å²) >= 11 is 0. The molecule has 1 atom stereocenters. The van der Waals surface area contributed by atoms with Crippen LogP contribution in [0.15, 0.2) is 67.0 Å². The molecule has 0 N–H and O–H groups in total. The minimum absolute atomic E-state index is 0.0267. The molecule has 170 valence electrons. The lowest BCUT2D eigenvalue weighted by molar-refractivity contribution is 0.0438. The Hall–Kier alpha value is -3.68. The van der Waals surface area contributed by atoms with Crippen molar-refractivity contribution >= 4 is 17.7 Å². The molecule has 5 rings (SSSR count). The Kier molecular flexibility index (Phi) is 5.58. The number of benzene rings is 2. The Labute approximate surface area is 191 Å². The van der Waals surface area contributed by atoms with E-state index in [9.17, 15) is 14.0 Å². The van der Waals surface area contributed by atoms with Crippen LogP contribution in [0.3, 0.4) is 0 Å². The fraction of sp³-hybridized carbons (Fsp3) is 0.320. The highest BCUT2D eigenvalue weighted by molar-refractivity contribution is 5.96. The van der Waals surface area contributed by atoms with Crippen LogP contribution in [-0.2, 0) is 11.3 Å². The summed E-state index contributed by atoms with van der Waals surface area (Å²) in [7, 11) is 0. The number of carbonyl (C=O) groups is 2. The summed E-state index contributed by atoms with van der Waals surface area (Å²) in [5.41, 5.74) is 1.39. The van der Waals surface area contributed by atoms with Crippen LogP contribution in [0.4, 0.5) is 14.9 Å². The Morgan fingerprint density at radius 2 is 1.97 bits per heavy atom. The Morgan fingerprint density at radius 1 is 1.09 bits per heavy atom. The molecule has 2 aliphatic rings. The Balaban J connectivity index is 1.30. The lowest BCUT2D eigenvalue weighted by Crippen LogP contribution is -2.37. The predicted octanol–water partition coefficient (Wildman–Crippen LogP) is 4.09. The quantitative estimate of drug-likeness (QED) is 0.603. The van der Waals surface area contributed by atoms with Gasteiger partial charge in [-0.3, -0.25) is 14.4 Å². The second kappa shape index (κ2) is 8.69. The number of hydrogen-bond acceptors (Lipinski definition) is 4. The van der Waals surface area contributed by atoms with Crippen LogP contribution >= 0.6 is 0 Å². The molecule has 3 heterocycles. The maximum atomic E-state index is 13.7. The second-order valence-electron chi connectivity index (χ2n) is 8.62. The molecule has 0 saturated carbocycles. The minimum atomic E-state index is -0.674. The second-order valence-corrected chi connectivity index (χ2v) is 8.62. The third-order valence-electron chi connectivity index (χ3n) is 6.41. The van der Waals surface area contributed by atoms with E-state index in [4.69, 9.17) is 4.74 Å². The first kappa shape index (κ1) is 21.2. The van der Waals surface area contributed by atoms with E-state index in [1.54, 1.807) is 23.0 Å². The molecular formula is C25H25FN4O3. The zero-order valence-corrected chi connectivity index (χ0v) is 18.2. The summed E-state index contributed by atoms with van der Waals surface area (Å²) in [4.78, 5) is 29.4. The van der Waals surface area contributed by atoms with Crippen molar-refractivity contribution in [2.24, 2.45) is 0 Å². The highest BCUT2D eigenvalue weighted by atomic mass is 19.1. The van der Waals surface area contributed by atoms with Crippen molar-refractivity contribution < 1.29 is 18.7 Å². The molecule has 0 bridgehead atoms. The molecule has 1 aromatic heterocycles. The molecule has 33 heavy (non-hydrogen) atoms. The van der Waals surface area contributed by atoms with Crippen molar-refractivity contribution in [2.45, 2.75) is 31.4 Å². The van der Waals surface area contributed by atoms with Gasteiger partial charge in [0, 0.05) is 37.5 Å². The lowest BCUT2D eigenvalue weighted by atomic mass is 9.95. The topological polar surface area (TPSA) is 67.7 Å². The first-order valence-corrected chi connectivity index (χ1v) is 11.1. The van der Waals surface area contributed by atoms with Gasteiger partial charge in [-0.05, 0) is 48.7 Å². The summed E-state index contributed by atoms with van der Waals surface area (Å²) in [6, 6.07) is 15.4. The molecule has 0 aliphatic carbocycles. The molecule has 7 nitrogen and oxygen atoms in total. The Morgan fingerprint density at radius 3 is 2.79 bits per heavy atom. The van der Waals surface area contributed by atoms with E-state index in [0.29, 0.717) is 50.3 Å². The smallest absolute Gasteiger partial charge is 0.415 e. The zero-order chi connectivity index (χ0) is 22.8. The maximum absolute atomic E-state index is 13.7. The lowest BCUT2D eigenvalue weighted by Gasteiger charge is -2.26. The zero-order valence-electron chi connectivity index (χ0n) is 18.2. The first-order valence-electron chi connectivity index (χ1n) is 11.1. The van der Waals surface area contributed by atoms with Gasteiger partial charge in [-0.2, -0.15) is 5.10 Å². The molecule has 2 fully saturated rings. The van der Waals surface area contributed by atoms with Crippen LogP contribution in [-0.4, -0.2) is 51.9 Å². The summed E-state index contributed by atoms with van der Waals surface area (Å²) in [6.45, 7) is 1.95. The normalized spacial score (nSPS) is 20.7. The molecule has 0 unspecified atom stereocenters. The van der Waals surface area contributed by atoms with Crippen molar-refractivity contribution in [3.63, 3.8) is 0 Å². The van der Waals surface area contributed by atoms with Gasteiger partial charge in [-0.15, -0.1) is 0 Å². The number of anilines is 1. The predicted molar refractivity (Wildman–Crippen MR) is 120 cm³/mol. The van der Waals surface area contributed by atoms with Gasteiger partial charge >= 0.3 is 6.09 Å². The number of carbonyl (C=O) groups excluding carboxylic acids is 2. The number of aromatic nitrogens is 2. The molecule has 8 heteroatoms. The van der Waals surface area contributed by atoms with Gasteiger partial charge in [0.15, 0.2) is 0 Å². The molecule has 2 aliphatic heterocycles. The highest BCUT2D eigenvalue weighted by Gasteiger charge is 2.46. The number of ether oxygens (including phenoxy) is 1. The third kappa shape index (κ3) is 4.33. The number of halogens is 1. The largest absolute Gasteiger partial charge is 0.441 e. The van der Waals surface area contributed by atoms with E-state index in [-0.39, 0.29) is 5.91 Å². The SMILES string of the molecule is O=C(c1ccccc1Cn1cccn1)N1CCC[C@]2(CC1)CN(c1cccc(F)c1)C(=O)O2. The summed E-state index contributed by atoms with van der Waals surface area (Å²) in [5.74, 6) is -0.422. The van der Waals surface area contributed by atoms with E-state index in [1.165, 1.54) is 17.0 Å². The highest BCUT2D eigenvalue weighted by Crippen LogP contribution is 2.36. The number of rotatable bonds is 4. The van der Waals surface area contributed by atoms with Gasteiger partial charge in [-0.1, -0.05) is 24.3 Å². The van der Waals surface area contributed by atoms with Crippen LogP contribution in [0.2, 0.25) is 0 Å². The fourth-order valence-electron chi connectivity index (χ4n) is 4.70. The number of likely N-dealkylation sites (tertiary alicyclic amines) is 1. The van der Waals surface area contributed by atoms with Gasteiger partial charge in [0.2, 0.25) is 0 Å². The van der Waals surface area contributed by atoms with Gasteiger partial charge < -0.3 is 9.64 Å². The molecule has 3 aromatic rings. The molecular weight excluding hydrogens is 423 g/mol. The standard InChI is InChI=1S/C25H25FN4O3/c26-20-7-3-8-21(16-20)30-18-25(33-24(30)32)10-4-13-28(15-11-25)23(31)22-9-2-1-6-19(22)17-29-14-5-12-27-29/h1-3,5-9,12,14,16H,4,10-11,13,15,17-18H2/t25-/m0/s1. The third-order valence-corrected chi connectivity index (χ3v) is 6.41. The monoisotopic (exact) mass is 448 g/mol. The molecule has 2 amide bonds. The molecule has 0 radical (unpaired) electrons. The number of amides is 2. The molecule has 2 aromatic carbocycles. The van der Waals surface area contributed by atoms with Crippen molar-refractivity contribution in [3.8, 4) is 0 Å². The van der Waals surface area contributed by atoms with Gasteiger partial charge in [0.25, 0.3) is 5.91 Å². The molecule has 2 saturated heterocycles. The first-order chi connectivity index (χ1) is 16.0. The van der Waals surface area contributed by atoms with Crippen molar-refractivity contribution in [3.05, 3.63) is 83.9 Å². The van der Waals surface area contributed by atoms with Crippen LogP contribution in [0.1, 0.15) is 35.2 Å². The average Bonchev–Trinajstić information content (AvgIpc) is 3.38. The van der Waals surface area contributed by atoms with E-state index in [1.807, 2.05) is 41.4 Å². The van der Waals surface area contributed by atoms with Crippen LogP contribution < -0.4 is 4.90 Å². The summed E-state index contributed by atoms with van der Waals surface area (Å²) in [5, 5.41) is 4.25. The van der Waals surface area contributed by atoms with E-state index in [2.05, 4.69) is 5.10 Å². The summed E-state index contributed by atoms with van der Waals surface area (Å²) in [6.07, 6.45) is 5.03. The van der Waals surface area contributed by atoms with Crippen LogP contribution in [0.5, 0.6) is 0 Å². The minimum Gasteiger partial charge on any atom is -0.441 e. The fourth-order valence-corrected chi connectivity index (χ4v) is 4.70. The molecule has 1 spiro atoms. The maximum Gasteiger partial charge on any atom is 0.415 e. The number of hydrogen-bond donors (Lipinski definition) is 0. The number of nitrogens with zero attached hydrogens (tertiary/aromatic N) is 4. The Bertz CT molecular complexity index is 1170. The van der Waals surface area contributed by atoms with Gasteiger partial charge in [0.1, 0.15) is 11.4 Å². The van der Waals surface area contributed by atoms with Crippen molar-refractivity contribution in [1.29, 1.82) is 0 Å². The van der Waals surface area contributed by atoms with Crippen molar-refractivity contribution in [2.75, 3.05) is 24.5 Å². The van der Waals surface area contributed by atoms with E-state index in [0.717, 1.165) is 12.0 Å². The summed E-state index contributed by atoms with van der Waals surface area (Å²) < 4.78 is 21.3. The van der Waals surface area contributed by atoms with E-state index >= 15 is 0 Å². The van der Waals surface area contributed by atoms with Gasteiger partial charge in [0.05, 0.1) is 18.8 Å². The van der Waals surface area contributed by atoms with Crippen LogP contribution in [0, 0.1) is 5.82 Å². The van der Waals surface area contributed by atoms with Gasteiger partial charge in [-0.25, -0.2) is 9.18 Å².